The van der Waals surface area contributed by atoms with Crippen molar-refractivity contribution >= 4 is 16.9 Å². The number of aromatic nitrogens is 1. The van der Waals surface area contributed by atoms with E-state index in [9.17, 15) is 4.39 Å². The Bertz CT molecular complexity index is 773. The molecule has 0 bridgehead atoms. The molecule has 1 saturated heterocycles. The first kappa shape index (κ1) is 16.4. The summed E-state index contributed by atoms with van der Waals surface area (Å²) in [6.07, 6.45) is 9.66. The van der Waals surface area contributed by atoms with Crippen LogP contribution in [0, 0.1) is 11.2 Å². The van der Waals surface area contributed by atoms with Crippen LogP contribution in [0.1, 0.15) is 37.7 Å². The molecule has 2 aliphatic rings. The van der Waals surface area contributed by atoms with Crippen LogP contribution >= 0.6 is 0 Å². The summed E-state index contributed by atoms with van der Waals surface area (Å²) in [5.41, 5.74) is 2.68. The van der Waals surface area contributed by atoms with Gasteiger partial charge >= 0.3 is 0 Å². The van der Waals surface area contributed by atoms with E-state index in [-0.39, 0.29) is 5.82 Å². The maximum Gasteiger partial charge on any atom is 0.193 e. The molecular formula is C20H27FN4. The summed E-state index contributed by atoms with van der Waals surface area (Å²) < 4.78 is 13.5. The van der Waals surface area contributed by atoms with Crippen molar-refractivity contribution in [2.75, 3.05) is 26.7 Å². The second kappa shape index (κ2) is 6.70. The second-order valence-corrected chi connectivity index (χ2v) is 7.61. The highest BCUT2D eigenvalue weighted by Crippen LogP contribution is 2.45. The van der Waals surface area contributed by atoms with Gasteiger partial charge in [-0.1, -0.05) is 12.8 Å². The van der Waals surface area contributed by atoms with E-state index >= 15 is 0 Å². The van der Waals surface area contributed by atoms with E-state index in [1.165, 1.54) is 38.2 Å². The van der Waals surface area contributed by atoms with Gasteiger partial charge in [0.05, 0.1) is 0 Å². The average Bonchev–Trinajstić information content (AvgIpc) is 3.34. The number of guanidine groups is 1. The number of halogens is 1. The molecule has 2 N–H and O–H groups in total. The molecule has 25 heavy (non-hydrogen) atoms. The molecule has 1 aliphatic heterocycles. The number of nitrogens with one attached hydrogen (secondary N) is 2. The van der Waals surface area contributed by atoms with Crippen molar-refractivity contribution in [3.05, 3.63) is 35.8 Å². The zero-order valence-electron chi connectivity index (χ0n) is 14.9. The van der Waals surface area contributed by atoms with Gasteiger partial charge in [0.25, 0.3) is 0 Å². The van der Waals surface area contributed by atoms with Crippen LogP contribution in [-0.2, 0) is 6.42 Å². The minimum atomic E-state index is -0.184. The molecule has 4 nitrogen and oxygen atoms in total. The molecular weight excluding hydrogens is 315 g/mol. The van der Waals surface area contributed by atoms with Crippen molar-refractivity contribution in [1.82, 2.24) is 15.2 Å². The predicted octanol–water partition coefficient (Wildman–Crippen LogP) is 3.69. The lowest BCUT2D eigenvalue weighted by atomic mass is 9.86. The number of rotatable bonds is 3. The van der Waals surface area contributed by atoms with Crippen LogP contribution in [-0.4, -0.2) is 42.5 Å². The third-order valence-electron chi connectivity index (χ3n) is 6.02. The number of aliphatic imine (C=N–C) groups is 1. The van der Waals surface area contributed by atoms with Crippen molar-refractivity contribution in [3.63, 3.8) is 0 Å². The summed E-state index contributed by atoms with van der Waals surface area (Å²) in [7, 11) is 1.86. The van der Waals surface area contributed by atoms with Gasteiger partial charge < -0.3 is 15.2 Å². The molecule has 1 spiro atoms. The lowest BCUT2D eigenvalue weighted by molar-refractivity contribution is 0.309. The SMILES string of the molecule is CN=C(NCCc1c[nH]c2ccc(F)cc12)N1CCC2(CCCC2)C1. The van der Waals surface area contributed by atoms with Gasteiger partial charge in [0.15, 0.2) is 5.96 Å². The van der Waals surface area contributed by atoms with E-state index in [4.69, 9.17) is 0 Å². The molecule has 4 rings (SSSR count). The van der Waals surface area contributed by atoms with E-state index in [1.54, 1.807) is 12.1 Å². The highest BCUT2D eigenvalue weighted by atomic mass is 19.1. The van der Waals surface area contributed by atoms with Gasteiger partial charge in [0, 0.05) is 43.8 Å². The standard InChI is InChI=1S/C20H27FN4/c1-22-19(25-11-9-20(14-25)7-2-3-8-20)23-10-6-15-13-24-18-5-4-16(21)12-17(15)18/h4-5,12-13,24H,2-3,6-11,14H2,1H3,(H,22,23). The van der Waals surface area contributed by atoms with Crippen LogP contribution in [0.2, 0.25) is 0 Å². The molecule has 0 radical (unpaired) electrons. The van der Waals surface area contributed by atoms with E-state index in [0.717, 1.165) is 48.5 Å². The molecule has 0 unspecified atom stereocenters. The quantitative estimate of drug-likeness (QED) is 0.660. The molecule has 2 heterocycles. The van der Waals surface area contributed by atoms with Gasteiger partial charge in [-0.3, -0.25) is 4.99 Å². The summed E-state index contributed by atoms with van der Waals surface area (Å²) in [5, 5.41) is 4.48. The first-order valence-corrected chi connectivity index (χ1v) is 9.40. The van der Waals surface area contributed by atoms with Gasteiger partial charge in [-0.05, 0) is 54.9 Å². The molecule has 1 aromatic heterocycles. The van der Waals surface area contributed by atoms with Crippen molar-refractivity contribution in [2.45, 2.75) is 38.5 Å². The summed E-state index contributed by atoms with van der Waals surface area (Å²) in [6, 6.07) is 4.90. The normalized spacial score (nSPS) is 20.1. The summed E-state index contributed by atoms with van der Waals surface area (Å²) >= 11 is 0. The molecule has 2 fully saturated rings. The average molecular weight is 342 g/mol. The van der Waals surface area contributed by atoms with E-state index in [2.05, 4.69) is 20.2 Å². The first-order chi connectivity index (χ1) is 12.2. The van der Waals surface area contributed by atoms with Gasteiger partial charge in [0.1, 0.15) is 5.82 Å². The number of hydrogen-bond donors (Lipinski definition) is 2. The van der Waals surface area contributed by atoms with Crippen LogP contribution in [0.3, 0.4) is 0 Å². The van der Waals surface area contributed by atoms with Crippen molar-refractivity contribution in [3.8, 4) is 0 Å². The molecule has 1 aliphatic carbocycles. The van der Waals surface area contributed by atoms with Crippen LogP contribution in [0.5, 0.6) is 0 Å². The number of H-pyrrole nitrogens is 1. The van der Waals surface area contributed by atoms with Crippen molar-refractivity contribution in [1.29, 1.82) is 0 Å². The molecule has 134 valence electrons. The van der Waals surface area contributed by atoms with Crippen molar-refractivity contribution < 1.29 is 4.39 Å². The minimum Gasteiger partial charge on any atom is -0.361 e. The van der Waals surface area contributed by atoms with Crippen LogP contribution in [0.25, 0.3) is 10.9 Å². The Balaban J connectivity index is 1.36. The Morgan fingerprint density at radius 1 is 1.32 bits per heavy atom. The van der Waals surface area contributed by atoms with E-state index < -0.39 is 0 Å². The Labute approximate surface area is 148 Å². The first-order valence-electron chi connectivity index (χ1n) is 9.40. The Kier molecular flexibility index (Phi) is 4.40. The highest BCUT2D eigenvalue weighted by Gasteiger charge is 2.40. The van der Waals surface area contributed by atoms with Crippen LogP contribution < -0.4 is 5.32 Å². The number of aromatic amines is 1. The summed E-state index contributed by atoms with van der Waals surface area (Å²) in [4.78, 5) is 10.1. The Morgan fingerprint density at radius 2 is 2.16 bits per heavy atom. The highest BCUT2D eigenvalue weighted by molar-refractivity contribution is 5.83. The van der Waals surface area contributed by atoms with Crippen LogP contribution in [0.15, 0.2) is 29.4 Å². The largest absolute Gasteiger partial charge is 0.361 e. The second-order valence-electron chi connectivity index (χ2n) is 7.61. The van der Waals surface area contributed by atoms with Crippen LogP contribution in [0.4, 0.5) is 4.39 Å². The number of fused-ring (bicyclic) bond motifs is 1. The number of nitrogens with zero attached hydrogens (tertiary/aromatic N) is 2. The lowest BCUT2D eigenvalue weighted by Crippen LogP contribution is -2.41. The molecule has 0 amide bonds. The fourth-order valence-corrected chi connectivity index (χ4v) is 4.65. The third-order valence-corrected chi connectivity index (χ3v) is 6.02. The van der Waals surface area contributed by atoms with Crippen molar-refractivity contribution in [2.24, 2.45) is 10.4 Å². The monoisotopic (exact) mass is 342 g/mol. The number of hydrogen-bond acceptors (Lipinski definition) is 1. The number of likely N-dealkylation sites (tertiary alicyclic amines) is 1. The maximum absolute atomic E-state index is 13.5. The molecule has 0 atom stereocenters. The molecule has 2 aromatic rings. The summed E-state index contributed by atoms with van der Waals surface area (Å²) in [6.45, 7) is 3.06. The van der Waals surface area contributed by atoms with Gasteiger partial charge in [-0.2, -0.15) is 0 Å². The third kappa shape index (κ3) is 3.24. The number of benzene rings is 1. The summed E-state index contributed by atoms with van der Waals surface area (Å²) in [5.74, 6) is 0.825. The molecule has 1 aromatic carbocycles. The lowest BCUT2D eigenvalue weighted by Gasteiger charge is -2.25. The molecule has 5 heteroatoms. The predicted molar refractivity (Wildman–Crippen MR) is 100 cm³/mol. The van der Waals surface area contributed by atoms with E-state index in [1.807, 2.05) is 13.2 Å². The fourth-order valence-electron chi connectivity index (χ4n) is 4.65. The zero-order chi connectivity index (χ0) is 17.3. The smallest absolute Gasteiger partial charge is 0.193 e. The Morgan fingerprint density at radius 3 is 2.96 bits per heavy atom. The fraction of sp³-hybridized carbons (Fsp3) is 0.550. The topological polar surface area (TPSA) is 43.4 Å². The molecule has 1 saturated carbocycles. The minimum absolute atomic E-state index is 0.184. The van der Waals surface area contributed by atoms with Gasteiger partial charge in [-0.25, -0.2) is 4.39 Å². The maximum atomic E-state index is 13.5. The zero-order valence-corrected chi connectivity index (χ0v) is 14.9. The van der Waals surface area contributed by atoms with Gasteiger partial charge in [0.2, 0.25) is 0 Å². The Hall–Kier alpha value is -2.04. The van der Waals surface area contributed by atoms with E-state index in [0.29, 0.717) is 5.41 Å². The van der Waals surface area contributed by atoms with Gasteiger partial charge in [-0.15, -0.1) is 0 Å².